The van der Waals surface area contributed by atoms with E-state index in [4.69, 9.17) is 5.11 Å². The number of aromatic nitrogens is 1. The van der Waals surface area contributed by atoms with Gasteiger partial charge >= 0.3 is 0 Å². The number of aliphatic hydroxyl groups excluding tert-OH is 1. The van der Waals surface area contributed by atoms with E-state index >= 15 is 0 Å². The maximum atomic E-state index is 9.11. The van der Waals surface area contributed by atoms with Crippen LogP contribution in [0.1, 0.15) is 38.3 Å². The van der Waals surface area contributed by atoms with Crippen LogP contribution < -0.4 is 10.2 Å². The molecular weight excluding hydrogens is 226 g/mol. The van der Waals surface area contributed by atoms with Gasteiger partial charge in [0.2, 0.25) is 0 Å². The smallest absolute Gasteiger partial charge is 0.128 e. The molecule has 2 rings (SSSR count). The average molecular weight is 249 g/mol. The van der Waals surface area contributed by atoms with Gasteiger partial charge in [-0.15, -0.1) is 0 Å². The van der Waals surface area contributed by atoms with Gasteiger partial charge < -0.3 is 15.3 Å². The summed E-state index contributed by atoms with van der Waals surface area (Å²) in [5.74, 6) is 0.985. The summed E-state index contributed by atoms with van der Waals surface area (Å²) in [5, 5.41) is 12.5. The van der Waals surface area contributed by atoms with Crippen molar-refractivity contribution in [2.75, 3.05) is 24.6 Å². The first-order valence-electron chi connectivity index (χ1n) is 6.83. The molecule has 1 heterocycles. The summed E-state index contributed by atoms with van der Waals surface area (Å²) in [4.78, 5) is 6.75. The SMILES string of the molecule is CCNC(C)c1ccc(N(CCO)C2CC2)nc1. The molecule has 2 N–H and O–H groups in total. The molecule has 4 heteroatoms. The normalized spacial score (nSPS) is 16.6. The minimum atomic E-state index is 0.188. The average Bonchev–Trinajstić information content (AvgIpc) is 3.21. The number of pyridine rings is 1. The monoisotopic (exact) mass is 249 g/mol. The number of nitrogens with one attached hydrogen (secondary N) is 1. The molecule has 0 amide bonds. The molecule has 1 unspecified atom stereocenters. The first-order chi connectivity index (χ1) is 8.76. The maximum absolute atomic E-state index is 9.11. The lowest BCUT2D eigenvalue weighted by molar-refractivity contribution is 0.301. The first-order valence-corrected chi connectivity index (χ1v) is 6.83. The van der Waals surface area contributed by atoms with Gasteiger partial charge in [0.05, 0.1) is 6.61 Å². The predicted octanol–water partition coefficient (Wildman–Crippen LogP) is 1.71. The Labute approximate surface area is 109 Å². The van der Waals surface area contributed by atoms with Gasteiger partial charge in [-0.1, -0.05) is 13.0 Å². The van der Waals surface area contributed by atoms with Crippen LogP contribution in [0.5, 0.6) is 0 Å². The fourth-order valence-electron chi connectivity index (χ4n) is 2.23. The fraction of sp³-hybridized carbons (Fsp3) is 0.643. The van der Waals surface area contributed by atoms with Crippen LogP contribution >= 0.6 is 0 Å². The molecule has 0 aliphatic heterocycles. The van der Waals surface area contributed by atoms with Gasteiger partial charge in [-0.2, -0.15) is 0 Å². The van der Waals surface area contributed by atoms with Crippen LogP contribution in [0.25, 0.3) is 0 Å². The lowest BCUT2D eigenvalue weighted by atomic mass is 10.1. The van der Waals surface area contributed by atoms with Gasteiger partial charge in [0, 0.05) is 24.8 Å². The molecule has 4 nitrogen and oxygen atoms in total. The molecule has 0 aromatic carbocycles. The van der Waals surface area contributed by atoms with Crippen LogP contribution in [-0.4, -0.2) is 35.8 Å². The molecular formula is C14H23N3O. The van der Waals surface area contributed by atoms with E-state index in [9.17, 15) is 0 Å². The zero-order valence-corrected chi connectivity index (χ0v) is 11.3. The second-order valence-electron chi connectivity index (χ2n) is 4.88. The van der Waals surface area contributed by atoms with Crippen LogP contribution in [0.4, 0.5) is 5.82 Å². The molecule has 0 radical (unpaired) electrons. The largest absolute Gasteiger partial charge is 0.395 e. The van der Waals surface area contributed by atoms with Crippen molar-refractivity contribution >= 4 is 5.82 Å². The van der Waals surface area contributed by atoms with Crippen LogP contribution in [0.15, 0.2) is 18.3 Å². The maximum Gasteiger partial charge on any atom is 0.128 e. The second kappa shape index (κ2) is 6.16. The molecule has 1 aliphatic rings. The molecule has 1 saturated carbocycles. The Morgan fingerprint density at radius 3 is 2.78 bits per heavy atom. The summed E-state index contributed by atoms with van der Waals surface area (Å²) in [6.07, 6.45) is 4.38. The van der Waals surface area contributed by atoms with E-state index < -0.39 is 0 Å². The number of hydrogen-bond donors (Lipinski definition) is 2. The minimum absolute atomic E-state index is 0.188. The van der Waals surface area contributed by atoms with E-state index in [0.29, 0.717) is 18.6 Å². The lowest BCUT2D eigenvalue weighted by Crippen LogP contribution is -2.29. The van der Waals surface area contributed by atoms with Crippen LogP contribution in [0.3, 0.4) is 0 Å². The van der Waals surface area contributed by atoms with Gasteiger partial charge in [-0.05, 0) is 37.9 Å². The molecule has 1 atom stereocenters. The zero-order chi connectivity index (χ0) is 13.0. The van der Waals surface area contributed by atoms with Gasteiger partial charge in [-0.25, -0.2) is 4.98 Å². The third-order valence-electron chi connectivity index (χ3n) is 3.40. The van der Waals surface area contributed by atoms with Crippen molar-refractivity contribution in [1.29, 1.82) is 0 Å². The highest BCUT2D eigenvalue weighted by atomic mass is 16.3. The Kier molecular flexibility index (Phi) is 4.55. The van der Waals surface area contributed by atoms with Crippen molar-refractivity contribution in [3.8, 4) is 0 Å². The quantitative estimate of drug-likeness (QED) is 0.772. The van der Waals surface area contributed by atoms with Crippen molar-refractivity contribution in [2.45, 2.75) is 38.8 Å². The van der Waals surface area contributed by atoms with Gasteiger partial charge in [0.15, 0.2) is 0 Å². The van der Waals surface area contributed by atoms with E-state index in [1.54, 1.807) is 0 Å². The Morgan fingerprint density at radius 2 is 2.28 bits per heavy atom. The van der Waals surface area contributed by atoms with E-state index in [0.717, 1.165) is 12.4 Å². The van der Waals surface area contributed by atoms with Gasteiger partial charge in [-0.3, -0.25) is 0 Å². The van der Waals surface area contributed by atoms with Crippen LogP contribution in [0, 0.1) is 0 Å². The number of anilines is 1. The Balaban J connectivity index is 2.05. The highest BCUT2D eigenvalue weighted by molar-refractivity contribution is 5.42. The number of hydrogen-bond acceptors (Lipinski definition) is 4. The molecule has 0 spiro atoms. The van der Waals surface area contributed by atoms with Crippen molar-refractivity contribution in [2.24, 2.45) is 0 Å². The Bertz CT molecular complexity index is 362. The summed E-state index contributed by atoms with van der Waals surface area (Å²) in [6, 6.07) is 5.12. The molecule has 0 bridgehead atoms. The summed E-state index contributed by atoms with van der Waals surface area (Å²) in [7, 11) is 0. The number of nitrogens with zero attached hydrogens (tertiary/aromatic N) is 2. The van der Waals surface area contributed by atoms with Crippen molar-refractivity contribution in [1.82, 2.24) is 10.3 Å². The minimum Gasteiger partial charge on any atom is -0.395 e. The predicted molar refractivity (Wildman–Crippen MR) is 73.8 cm³/mol. The topological polar surface area (TPSA) is 48.4 Å². The van der Waals surface area contributed by atoms with Gasteiger partial charge in [0.25, 0.3) is 0 Å². The lowest BCUT2D eigenvalue weighted by Gasteiger charge is -2.23. The molecule has 1 aromatic rings. The molecule has 1 aromatic heterocycles. The number of aliphatic hydroxyl groups is 1. The van der Waals surface area contributed by atoms with E-state index in [-0.39, 0.29) is 6.61 Å². The molecule has 1 aliphatic carbocycles. The highest BCUT2D eigenvalue weighted by Crippen LogP contribution is 2.30. The van der Waals surface area contributed by atoms with Crippen LogP contribution in [-0.2, 0) is 0 Å². The first kappa shape index (κ1) is 13.3. The fourth-order valence-corrected chi connectivity index (χ4v) is 2.23. The summed E-state index contributed by atoms with van der Waals surface area (Å²) in [6.45, 7) is 6.08. The van der Waals surface area contributed by atoms with Crippen molar-refractivity contribution in [3.63, 3.8) is 0 Å². The number of rotatable bonds is 7. The molecule has 18 heavy (non-hydrogen) atoms. The van der Waals surface area contributed by atoms with Gasteiger partial charge in [0.1, 0.15) is 5.82 Å². The Hall–Kier alpha value is -1.13. The van der Waals surface area contributed by atoms with E-state index in [1.807, 2.05) is 6.20 Å². The third kappa shape index (κ3) is 3.21. The second-order valence-corrected chi connectivity index (χ2v) is 4.88. The molecule has 0 saturated heterocycles. The summed E-state index contributed by atoms with van der Waals surface area (Å²) in [5.41, 5.74) is 1.21. The molecule has 1 fully saturated rings. The highest BCUT2D eigenvalue weighted by Gasteiger charge is 2.29. The van der Waals surface area contributed by atoms with E-state index in [1.165, 1.54) is 18.4 Å². The zero-order valence-electron chi connectivity index (χ0n) is 11.3. The standard InChI is InChI=1S/C14H23N3O/c1-3-15-11(2)12-4-7-14(16-10-12)17(8-9-18)13-5-6-13/h4,7,10-11,13,15,18H,3,5-6,8-9H2,1-2H3. The van der Waals surface area contributed by atoms with Crippen molar-refractivity contribution in [3.05, 3.63) is 23.9 Å². The van der Waals surface area contributed by atoms with E-state index in [2.05, 4.69) is 41.2 Å². The summed E-state index contributed by atoms with van der Waals surface area (Å²) < 4.78 is 0. The summed E-state index contributed by atoms with van der Waals surface area (Å²) >= 11 is 0. The Morgan fingerprint density at radius 1 is 1.50 bits per heavy atom. The third-order valence-corrected chi connectivity index (χ3v) is 3.40. The van der Waals surface area contributed by atoms with Crippen molar-refractivity contribution < 1.29 is 5.11 Å². The van der Waals surface area contributed by atoms with Crippen LogP contribution in [0.2, 0.25) is 0 Å². The molecule has 100 valence electrons.